The highest BCUT2D eigenvalue weighted by Crippen LogP contribution is 2.69. The van der Waals surface area contributed by atoms with E-state index in [1.54, 1.807) is 28.8 Å². The molecule has 3 heterocycles. The third-order valence-electron chi connectivity index (χ3n) is 8.87. The number of ether oxygens (including phenoxy) is 1. The molecule has 40 heavy (non-hydrogen) atoms. The van der Waals surface area contributed by atoms with Gasteiger partial charge in [-0.05, 0) is 37.2 Å². The van der Waals surface area contributed by atoms with Gasteiger partial charge in [0.15, 0.2) is 0 Å². The van der Waals surface area contributed by atoms with Gasteiger partial charge in [0.2, 0.25) is 11.8 Å². The predicted molar refractivity (Wildman–Crippen MR) is 159 cm³/mol. The van der Waals surface area contributed by atoms with Gasteiger partial charge >= 0.3 is 5.97 Å². The van der Waals surface area contributed by atoms with Gasteiger partial charge in [-0.3, -0.25) is 14.4 Å². The zero-order chi connectivity index (χ0) is 28.9. The summed E-state index contributed by atoms with van der Waals surface area (Å²) < 4.78 is 4.87. The van der Waals surface area contributed by atoms with Gasteiger partial charge in [-0.2, -0.15) is 0 Å². The van der Waals surface area contributed by atoms with Crippen LogP contribution in [-0.4, -0.2) is 81.1 Å². The molecule has 1 aromatic carbocycles. The molecule has 1 aromatic rings. The first-order valence-electron chi connectivity index (χ1n) is 14.7. The number of aliphatic hydroxyl groups excluding tert-OH is 1. The van der Waals surface area contributed by atoms with Gasteiger partial charge in [0, 0.05) is 18.3 Å². The van der Waals surface area contributed by atoms with Crippen molar-refractivity contribution in [3.8, 4) is 0 Å². The van der Waals surface area contributed by atoms with Crippen molar-refractivity contribution < 1.29 is 24.2 Å². The van der Waals surface area contributed by atoms with E-state index in [-0.39, 0.29) is 42.2 Å². The van der Waals surface area contributed by atoms with Crippen molar-refractivity contribution in [2.45, 2.75) is 74.5 Å². The van der Waals surface area contributed by atoms with Crippen molar-refractivity contribution in [1.82, 2.24) is 9.80 Å². The van der Waals surface area contributed by atoms with E-state index in [0.29, 0.717) is 25.9 Å². The number of amides is 2. The number of benzene rings is 1. The molecule has 0 aliphatic carbocycles. The van der Waals surface area contributed by atoms with E-state index in [4.69, 9.17) is 4.74 Å². The molecule has 7 atom stereocenters. The third-order valence-corrected chi connectivity index (χ3v) is 10.9. The summed E-state index contributed by atoms with van der Waals surface area (Å²) in [5.74, 6) is -1.92. The molecule has 3 unspecified atom stereocenters. The Hall–Kier alpha value is -2.58. The van der Waals surface area contributed by atoms with Crippen LogP contribution in [0.25, 0.3) is 0 Å². The molecule has 0 aromatic heterocycles. The summed E-state index contributed by atoms with van der Waals surface area (Å²) in [5, 5.41) is 10.6. The second kappa shape index (κ2) is 13.4. The zero-order valence-corrected chi connectivity index (χ0v) is 24.7. The molecule has 3 aliphatic rings. The molecular formula is C32H44N2O5S. The lowest BCUT2D eigenvalue weighted by Gasteiger charge is -2.42. The van der Waals surface area contributed by atoms with E-state index in [1.165, 1.54) is 0 Å². The zero-order valence-electron chi connectivity index (χ0n) is 23.9. The van der Waals surface area contributed by atoms with Crippen LogP contribution in [0.5, 0.6) is 0 Å². The minimum Gasteiger partial charge on any atom is -0.465 e. The molecule has 7 nitrogen and oxygen atoms in total. The Morgan fingerprint density at radius 3 is 2.65 bits per heavy atom. The van der Waals surface area contributed by atoms with E-state index >= 15 is 0 Å². The lowest BCUT2D eigenvalue weighted by atomic mass is 9.66. The highest BCUT2D eigenvalue weighted by Gasteiger charge is 2.77. The van der Waals surface area contributed by atoms with Crippen LogP contribution in [0.4, 0.5) is 0 Å². The molecule has 2 bridgehead atoms. The van der Waals surface area contributed by atoms with Crippen molar-refractivity contribution in [3.05, 3.63) is 61.2 Å². The fourth-order valence-electron chi connectivity index (χ4n) is 7.05. The largest absolute Gasteiger partial charge is 0.465 e. The van der Waals surface area contributed by atoms with Crippen molar-refractivity contribution in [2.24, 2.45) is 17.8 Å². The van der Waals surface area contributed by atoms with E-state index in [2.05, 4.69) is 27.0 Å². The van der Waals surface area contributed by atoms with Crippen LogP contribution in [0.1, 0.15) is 51.5 Å². The highest BCUT2D eigenvalue weighted by atomic mass is 32.2. The van der Waals surface area contributed by atoms with E-state index in [0.717, 1.165) is 31.2 Å². The van der Waals surface area contributed by atoms with Gasteiger partial charge in [0.1, 0.15) is 6.04 Å². The van der Waals surface area contributed by atoms with Crippen LogP contribution in [-0.2, 0) is 25.5 Å². The Labute approximate surface area is 243 Å². The SMILES string of the molecule is C=CCCOC(=O)[C@@H]1[C@@H]2CC(C)C3(S2)C(C(=O)N(CC=C)CCCCC)N([C@@H](CO)Cc2ccccc2)C(=O)[C@H]13. The fraction of sp³-hybridized carbons (Fsp3) is 0.594. The number of carbonyl (C=O) groups is 3. The molecular weight excluding hydrogens is 524 g/mol. The van der Waals surface area contributed by atoms with Crippen LogP contribution < -0.4 is 0 Å². The molecule has 8 heteroatoms. The molecule has 1 spiro atoms. The highest BCUT2D eigenvalue weighted by molar-refractivity contribution is 8.02. The first kappa shape index (κ1) is 30.4. The van der Waals surface area contributed by atoms with Crippen LogP contribution in [0, 0.1) is 17.8 Å². The number of fused-ring (bicyclic) bond motifs is 1. The maximum absolute atomic E-state index is 14.6. The summed E-state index contributed by atoms with van der Waals surface area (Å²) in [6.45, 7) is 12.7. The number of esters is 1. The van der Waals surface area contributed by atoms with Gasteiger partial charge < -0.3 is 19.6 Å². The van der Waals surface area contributed by atoms with Crippen molar-refractivity contribution in [2.75, 3.05) is 26.3 Å². The molecule has 4 rings (SSSR count). The first-order valence-corrected chi connectivity index (χ1v) is 15.6. The minimum absolute atomic E-state index is 0.0462. The van der Waals surface area contributed by atoms with Crippen LogP contribution >= 0.6 is 11.8 Å². The Bertz CT molecular complexity index is 1080. The second-order valence-electron chi connectivity index (χ2n) is 11.3. The lowest BCUT2D eigenvalue weighted by Crippen LogP contribution is -2.59. The van der Waals surface area contributed by atoms with Crippen LogP contribution in [0.15, 0.2) is 55.6 Å². The van der Waals surface area contributed by atoms with E-state index in [9.17, 15) is 19.5 Å². The number of hydrogen-bond donors (Lipinski definition) is 1. The Kier molecular flexibility index (Phi) is 10.2. The normalized spacial score (nSPS) is 29.2. The lowest BCUT2D eigenvalue weighted by molar-refractivity contribution is -0.154. The number of likely N-dealkylation sites (tertiary alicyclic amines) is 1. The third kappa shape index (κ3) is 5.49. The van der Waals surface area contributed by atoms with Gasteiger partial charge in [-0.15, -0.1) is 24.9 Å². The topological polar surface area (TPSA) is 87.2 Å². The Morgan fingerprint density at radius 1 is 1.25 bits per heavy atom. The molecule has 3 saturated heterocycles. The number of unbranched alkanes of at least 4 members (excludes halogenated alkanes) is 2. The summed E-state index contributed by atoms with van der Waals surface area (Å²) in [5.41, 5.74) is 0.978. The Balaban J connectivity index is 1.76. The molecule has 218 valence electrons. The summed E-state index contributed by atoms with van der Waals surface area (Å²) in [6, 6.07) is 8.36. The second-order valence-corrected chi connectivity index (χ2v) is 12.9. The summed E-state index contributed by atoms with van der Waals surface area (Å²) in [6.07, 6.45) is 8.04. The first-order chi connectivity index (χ1) is 19.3. The minimum atomic E-state index is -0.775. The number of rotatable bonds is 15. The van der Waals surface area contributed by atoms with Gasteiger partial charge in [-0.25, -0.2) is 0 Å². The molecule has 3 aliphatic heterocycles. The van der Waals surface area contributed by atoms with E-state index < -0.39 is 28.7 Å². The van der Waals surface area contributed by atoms with Crippen LogP contribution in [0.3, 0.4) is 0 Å². The molecule has 2 amide bonds. The maximum Gasteiger partial charge on any atom is 0.310 e. The molecule has 3 fully saturated rings. The van der Waals surface area contributed by atoms with Gasteiger partial charge in [0.05, 0.1) is 35.8 Å². The van der Waals surface area contributed by atoms with Gasteiger partial charge in [0.25, 0.3) is 0 Å². The van der Waals surface area contributed by atoms with Crippen LogP contribution in [0.2, 0.25) is 0 Å². The number of nitrogens with zero attached hydrogens (tertiary/aromatic N) is 2. The van der Waals surface area contributed by atoms with Crippen molar-refractivity contribution in [1.29, 1.82) is 0 Å². The monoisotopic (exact) mass is 568 g/mol. The molecule has 1 N–H and O–H groups in total. The summed E-state index contributed by atoms with van der Waals surface area (Å²) in [4.78, 5) is 46.0. The predicted octanol–water partition coefficient (Wildman–Crippen LogP) is 4.25. The van der Waals surface area contributed by atoms with E-state index in [1.807, 2.05) is 35.2 Å². The molecule has 0 radical (unpaired) electrons. The average molecular weight is 569 g/mol. The number of hydrogen-bond acceptors (Lipinski definition) is 6. The number of thioether (sulfide) groups is 1. The van der Waals surface area contributed by atoms with Crippen molar-refractivity contribution in [3.63, 3.8) is 0 Å². The van der Waals surface area contributed by atoms with Crippen molar-refractivity contribution >= 4 is 29.5 Å². The average Bonchev–Trinajstić information content (AvgIpc) is 3.55. The maximum atomic E-state index is 14.6. The molecule has 0 saturated carbocycles. The summed E-state index contributed by atoms with van der Waals surface area (Å²) >= 11 is 1.64. The smallest absolute Gasteiger partial charge is 0.310 e. The Morgan fingerprint density at radius 2 is 2.00 bits per heavy atom. The quantitative estimate of drug-likeness (QED) is 0.193. The fourth-order valence-corrected chi connectivity index (χ4v) is 9.44. The summed E-state index contributed by atoms with van der Waals surface area (Å²) in [7, 11) is 0. The standard InChI is InChI=1S/C32H44N2O5S/c1-5-8-13-17-33(16-7-3)30(37)28-32-22(4)19-25(40-32)26(31(38)39-18-9-6-2)27(32)29(36)34(28)24(21-35)20-23-14-11-10-12-15-23/h6-7,10-12,14-15,22,24-28,35H,2-3,5,8-9,13,16-21H2,1,4H3/t22?,24-,25+,26-,27+,28?,32?/m1/s1. The number of aliphatic hydroxyl groups is 1. The van der Waals surface area contributed by atoms with Gasteiger partial charge in [-0.1, -0.05) is 69.2 Å². The number of carbonyl (C=O) groups excluding carboxylic acids is 3.